The third kappa shape index (κ3) is 4.33. The Morgan fingerprint density at radius 1 is 1.42 bits per heavy atom. The Kier molecular flexibility index (Phi) is 4.93. The molecule has 2 N–H and O–H groups in total. The Bertz CT molecular complexity index is 417. The first-order valence-corrected chi connectivity index (χ1v) is 6.87. The van der Waals surface area contributed by atoms with E-state index in [4.69, 9.17) is 0 Å². The number of nitrogens with zero attached hydrogens (tertiary/aromatic N) is 1. The number of aliphatic hydroxyl groups excluding tert-OH is 1. The van der Waals surface area contributed by atoms with Gasteiger partial charge in [0.15, 0.2) is 0 Å². The summed E-state index contributed by atoms with van der Waals surface area (Å²) >= 11 is 0. The summed E-state index contributed by atoms with van der Waals surface area (Å²) in [4.78, 5) is 14.1. The zero-order chi connectivity index (χ0) is 13.7. The molecule has 4 heteroatoms. The van der Waals surface area contributed by atoms with Crippen LogP contribution in [0.3, 0.4) is 0 Å². The van der Waals surface area contributed by atoms with Gasteiger partial charge in [-0.2, -0.15) is 0 Å². The predicted octanol–water partition coefficient (Wildman–Crippen LogP) is 1.64. The Morgan fingerprint density at radius 2 is 2.16 bits per heavy atom. The van der Waals surface area contributed by atoms with Crippen LogP contribution in [0, 0.1) is 12.8 Å². The first-order valence-electron chi connectivity index (χ1n) is 6.87. The Labute approximate surface area is 114 Å². The van der Waals surface area contributed by atoms with E-state index < -0.39 is 0 Å². The highest BCUT2D eigenvalue weighted by Gasteiger charge is 2.20. The average molecular weight is 262 g/mol. The SMILES string of the molecule is Cc1ccc(NC(=O)CN2CCCC(CO)C2)cc1. The molecular formula is C15H22N2O2. The van der Waals surface area contributed by atoms with Gasteiger partial charge in [0.25, 0.3) is 0 Å². The van der Waals surface area contributed by atoms with Gasteiger partial charge in [0.05, 0.1) is 6.54 Å². The van der Waals surface area contributed by atoms with Crippen molar-refractivity contribution < 1.29 is 9.90 Å². The van der Waals surface area contributed by atoms with Crippen LogP contribution in [0.4, 0.5) is 5.69 Å². The molecule has 0 aromatic heterocycles. The molecule has 1 amide bonds. The number of nitrogens with one attached hydrogen (secondary N) is 1. The lowest BCUT2D eigenvalue weighted by molar-refractivity contribution is -0.117. The first kappa shape index (κ1) is 14.0. The largest absolute Gasteiger partial charge is 0.396 e. The lowest BCUT2D eigenvalue weighted by Crippen LogP contribution is -2.41. The van der Waals surface area contributed by atoms with Crippen LogP contribution in [0.25, 0.3) is 0 Å². The lowest BCUT2D eigenvalue weighted by atomic mass is 9.99. The van der Waals surface area contributed by atoms with Gasteiger partial charge in [-0.05, 0) is 44.4 Å². The molecule has 1 fully saturated rings. The number of piperidine rings is 1. The minimum Gasteiger partial charge on any atom is -0.396 e. The molecule has 0 aliphatic carbocycles. The Hall–Kier alpha value is -1.39. The fourth-order valence-electron chi connectivity index (χ4n) is 2.48. The molecule has 1 aliphatic heterocycles. The molecule has 0 bridgehead atoms. The van der Waals surface area contributed by atoms with Crippen LogP contribution in [0.15, 0.2) is 24.3 Å². The predicted molar refractivity (Wildman–Crippen MR) is 76.1 cm³/mol. The van der Waals surface area contributed by atoms with Gasteiger partial charge in [-0.3, -0.25) is 9.69 Å². The summed E-state index contributed by atoms with van der Waals surface area (Å²) in [6, 6.07) is 7.80. The quantitative estimate of drug-likeness (QED) is 0.867. The first-order chi connectivity index (χ1) is 9.17. The summed E-state index contributed by atoms with van der Waals surface area (Å²) in [6.45, 7) is 4.41. The molecule has 1 aromatic carbocycles. The van der Waals surface area contributed by atoms with Gasteiger partial charge in [-0.1, -0.05) is 17.7 Å². The number of amides is 1. The zero-order valence-electron chi connectivity index (χ0n) is 11.4. The molecule has 104 valence electrons. The van der Waals surface area contributed by atoms with Gasteiger partial charge >= 0.3 is 0 Å². The zero-order valence-corrected chi connectivity index (χ0v) is 11.4. The Morgan fingerprint density at radius 3 is 2.84 bits per heavy atom. The standard InChI is InChI=1S/C15H22N2O2/c1-12-4-6-14(7-5-12)16-15(19)10-17-8-2-3-13(9-17)11-18/h4-7,13,18H,2-3,8-11H2,1H3,(H,16,19). The van der Waals surface area contributed by atoms with E-state index in [0.717, 1.165) is 31.6 Å². The second-order valence-electron chi connectivity index (χ2n) is 5.34. The van der Waals surface area contributed by atoms with Crippen LogP contribution in [-0.4, -0.2) is 42.2 Å². The highest BCUT2D eigenvalue weighted by atomic mass is 16.3. The van der Waals surface area contributed by atoms with Crippen LogP contribution in [0.2, 0.25) is 0 Å². The normalized spacial score (nSPS) is 20.2. The van der Waals surface area contributed by atoms with Gasteiger partial charge in [0, 0.05) is 18.8 Å². The van der Waals surface area contributed by atoms with Crippen molar-refractivity contribution >= 4 is 11.6 Å². The molecule has 0 radical (unpaired) electrons. The molecule has 1 unspecified atom stereocenters. The van der Waals surface area contributed by atoms with E-state index in [1.165, 1.54) is 5.56 Å². The molecule has 19 heavy (non-hydrogen) atoms. The van der Waals surface area contributed by atoms with Crippen molar-refractivity contribution in [3.63, 3.8) is 0 Å². The highest BCUT2D eigenvalue weighted by Crippen LogP contribution is 2.15. The summed E-state index contributed by atoms with van der Waals surface area (Å²) < 4.78 is 0. The Balaban J connectivity index is 1.82. The molecule has 1 heterocycles. The minimum atomic E-state index is 0.0162. The van der Waals surface area contributed by atoms with Crippen LogP contribution < -0.4 is 5.32 Å². The third-order valence-corrected chi connectivity index (χ3v) is 3.56. The van der Waals surface area contributed by atoms with Crippen molar-refractivity contribution in [3.8, 4) is 0 Å². The van der Waals surface area contributed by atoms with Crippen molar-refractivity contribution in [1.29, 1.82) is 0 Å². The fraction of sp³-hybridized carbons (Fsp3) is 0.533. The molecule has 4 nitrogen and oxygen atoms in total. The summed E-state index contributed by atoms with van der Waals surface area (Å²) in [5.41, 5.74) is 2.02. The van der Waals surface area contributed by atoms with E-state index in [0.29, 0.717) is 12.5 Å². The number of rotatable bonds is 4. The van der Waals surface area contributed by atoms with E-state index in [2.05, 4.69) is 10.2 Å². The molecular weight excluding hydrogens is 240 g/mol. The minimum absolute atomic E-state index is 0.0162. The lowest BCUT2D eigenvalue weighted by Gasteiger charge is -2.31. The number of benzene rings is 1. The molecule has 1 saturated heterocycles. The second-order valence-corrected chi connectivity index (χ2v) is 5.34. The van der Waals surface area contributed by atoms with E-state index in [-0.39, 0.29) is 12.5 Å². The molecule has 0 saturated carbocycles. The van der Waals surface area contributed by atoms with Gasteiger partial charge in [0.1, 0.15) is 0 Å². The number of hydrogen-bond donors (Lipinski definition) is 2. The van der Waals surface area contributed by atoms with Crippen molar-refractivity contribution in [2.24, 2.45) is 5.92 Å². The summed E-state index contributed by atoms with van der Waals surface area (Å²) in [7, 11) is 0. The summed E-state index contributed by atoms with van der Waals surface area (Å²) in [6.07, 6.45) is 2.12. The van der Waals surface area contributed by atoms with Gasteiger partial charge in [-0.15, -0.1) is 0 Å². The second kappa shape index (κ2) is 6.68. The number of likely N-dealkylation sites (tertiary alicyclic amines) is 1. The van der Waals surface area contributed by atoms with Crippen molar-refractivity contribution in [3.05, 3.63) is 29.8 Å². The van der Waals surface area contributed by atoms with E-state index >= 15 is 0 Å². The monoisotopic (exact) mass is 262 g/mol. The topological polar surface area (TPSA) is 52.6 Å². The van der Waals surface area contributed by atoms with Crippen molar-refractivity contribution in [2.75, 3.05) is 31.6 Å². The number of anilines is 1. The number of aliphatic hydroxyl groups is 1. The van der Waals surface area contributed by atoms with Crippen molar-refractivity contribution in [2.45, 2.75) is 19.8 Å². The maximum absolute atomic E-state index is 11.9. The summed E-state index contributed by atoms with van der Waals surface area (Å²) in [5.74, 6) is 0.336. The maximum Gasteiger partial charge on any atom is 0.238 e. The number of aryl methyl sites for hydroxylation is 1. The van der Waals surface area contributed by atoms with Crippen LogP contribution in [0.1, 0.15) is 18.4 Å². The van der Waals surface area contributed by atoms with Gasteiger partial charge in [0.2, 0.25) is 5.91 Å². The third-order valence-electron chi connectivity index (χ3n) is 3.56. The number of hydrogen-bond acceptors (Lipinski definition) is 3. The fourth-order valence-corrected chi connectivity index (χ4v) is 2.48. The van der Waals surface area contributed by atoms with Gasteiger partial charge < -0.3 is 10.4 Å². The number of carbonyl (C=O) groups excluding carboxylic acids is 1. The smallest absolute Gasteiger partial charge is 0.238 e. The van der Waals surface area contributed by atoms with Crippen LogP contribution in [-0.2, 0) is 4.79 Å². The average Bonchev–Trinajstić information content (AvgIpc) is 2.41. The molecule has 2 rings (SSSR count). The van der Waals surface area contributed by atoms with E-state index in [1.54, 1.807) is 0 Å². The maximum atomic E-state index is 11.9. The van der Waals surface area contributed by atoms with E-state index in [1.807, 2.05) is 31.2 Å². The summed E-state index contributed by atoms with van der Waals surface area (Å²) in [5, 5.41) is 12.1. The van der Waals surface area contributed by atoms with Crippen LogP contribution >= 0.6 is 0 Å². The van der Waals surface area contributed by atoms with E-state index in [9.17, 15) is 9.90 Å². The van der Waals surface area contributed by atoms with Crippen molar-refractivity contribution in [1.82, 2.24) is 4.90 Å². The number of carbonyl (C=O) groups is 1. The van der Waals surface area contributed by atoms with Crippen LogP contribution in [0.5, 0.6) is 0 Å². The van der Waals surface area contributed by atoms with Gasteiger partial charge in [-0.25, -0.2) is 0 Å². The highest BCUT2D eigenvalue weighted by molar-refractivity contribution is 5.92. The molecule has 0 spiro atoms. The molecule has 1 aromatic rings. The molecule has 1 aliphatic rings. The molecule has 1 atom stereocenters.